The zero-order chi connectivity index (χ0) is 19.6. The molecule has 0 heterocycles. The lowest BCUT2D eigenvalue weighted by atomic mass is 9.96. The first-order valence-electron chi connectivity index (χ1n) is 10.2. The number of hydrogen-bond donors (Lipinski definition) is 2. The van der Waals surface area contributed by atoms with Crippen molar-refractivity contribution in [3.05, 3.63) is 35.4 Å². The number of hydrogen-bond acceptors (Lipinski definition) is 2. The van der Waals surface area contributed by atoms with Gasteiger partial charge < -0.3 is 15.5 Å². The lowest BCUT2D eigenvalue weighted by Crippen LogP contribution is -2.46. The smallest absolute Gasteiger partial charge is 0.317 e. The number of benzene rings is 1. The summed E-state index contributed by atoms with van der Waals surface area (Å²) >= 11 is 0. The summed E-state index contributed by atoms with van der Waals surface area (Å²) in [6.07, 6.45) is 6.43. The van der Waals surface area contributed by atoms with E-state index in [2.05, 4.69) is 24.5 Å². The molecule has 1 aromatic rings. The number of urea groups is 1. The number of nitrogens with one attached hydrogen (secondary N) is 2. The Morgan fingerprint density at radius 1 is 1.26 bits per heavy atom. The lowest BCUT2D eigenvalue weighted by molar-refractivity contribution is 0.176. The highest BCUT2D eigenvalue weighted by Gasteiger charge is 2.22. The molecule has 0 saturated heterocycles. The molecular weight excluding hydrogens is 348 g/mol. The second-order valence-corrected chi connectivity index (χ2v) is 7.65. The first-order chi connectivity index (χ1) is 13.0. The van der Waals surface area contributed by atoms with E-state index < -0.39 is 11.6 Å². The Kier molecular flexibility index (Phi) is 8.98. The zero-order valence-corrected chi connectivity index (χ0v) is 16.6. The maximum absolute atomic E-state index is 14.1. The van der Waals surface area contributed by atoms with Gasteiger partial charge in [-0.2, -0.15) is 0 Å². The van der Waals surface area contributed by atoms with Gasteiger partial charge in [0.05, 0.1) is 6.54 Å². The highest BCUT2D eigenvalue weighted by molar-refractivity contribution is 5.74. The summed E-state index contributed by atoms with van der Waals surface area (Å²) in [5.41, 5.74) is 0.342. The number of carbonyl (C=O) groups excluding carboxylic acids is 1. The Morgan fingerprint density at radius 2 is 2.00 bits per heavy atom. The van der Waals surface area contributed by atoms with Gasteiger partial charge >= 0.3 is 6.03 Å². The Hall–Kier alpha value is -1.69. The van der Waals surface area contributed by atoms with Crippen molar-refractivity contribution in [2.24, 2.45) is 5.92 Å². The molecule has 0 spiro atoms. The van der Waals surface area contributed by atoms with Crippen LogP contribution in [0.1, 0.15) is 57.9 Å². The highest BCUT2D eigenvalue weighted by Crippen LogP contribution is 2.19. The van der Waals surface area contributed by atoms with Crippen LogP contribution >= 0.6 is 0 Å². The van der Waals surface area contributed by atoms with Crippen molar-refractivity contribution in [2.45, 2.75) is 65.0 Å². The molecule has 2 N–H and O–H groups in total. The molecule has 0 bridgehead atoms. The normalized spacial score (nSPS) is 16.1. The molecule has 0 radical (unpaired) electrons. The molecule has 1 aliphatic rings. The van der Waals surface area contributed by atoms with Crippen LogP contribution in [0.4, 0.5) is 13.6 Å². The first-order valence-corrected chi connectivity index (χ1v) is 10.2. The fourth-order valence-corrected chi connectivity index (χ4v) is 3.58. The van der Waals surface area contributed by atoms with Crippen LogP contribution in [0.3, 0.4) is 0 Å². The van der Waals surface area contributed by atoms with E-state index in [0.29, 0.717) is 12.1 Å². The third-order valence-electron chi connectivity index (χ3n) is 5.19. The second kappa shape index (κ2) is 11.2. The summed E-state index contributed by atoms with van der Waals surface area (Å²) in [7, 11) is 0. The third-order valence-corrected chi connectivity index (χ3v) is 5.19. The van der Waals surface area contributed by atoms with Crippen LogP contribution < -0.4 is 10.6 Å². The molecular formula is C21H33F2N3O. The molecule has 27 heavy (non-hydrogen) atoms. The van der Waals surface area contributed by atoms with Crippen molar-refractivity contribution < 1.29 is 13.6 Å². The maximum Gasteiger partial charge on any atom is 0.317 e. The molecule has 1 fully saturated rings. The van der Waals surface area contributed by atoms with E-state index in [1.54, 1.807) is 4.90 Å². The largest absolute Gasteiger partial charge is 0.335 e. The standard InChI is InChI=1S/C21H33F2N3O/c1-3-24-12-11-16(2)14-26(15-17-9-10-18(22)13-20(17)23)21(27)25-19-7-5-4-6-8-19/h9-10,13,16,19,24H,3-8,11-12,14-15H2,1-2H3,(H,25,27)/t16-/m1/s1. The molecule has 1 atom stereocenters. The van der Waals surface area contributed by atoms with Gasteiger partial charge in [-0.15, -0.1) is 0 Å². The average molecular weight is 382 g/mol. The molecule has 152 valence electrons. The monoisotopic (exact) mass is 381 g/mol. The molecule has 1 aliphatic carbocycles. The number of carbonyl (C=O) groups is 1. The van der Waals surface area contributed by atoms with Crippen LogP contribution in [-0.2, 0) is 6.54 Å². The van der Waals surface area contributed by atoms with Gasteiger partial charge in [0.1, 0.15) is 11.6 Å². The number of nitrogens with zero attached hydrogens (tertiary/aromatic N) is 1. The van der Waals surface area contributed by atoms with Crippen LogP contribution in [0.15, 0.2) is 18.2 Å². The van der Waals surface area contributed by atoms with E-state index in [1.165, 1.54) is 18.6 Å². The van der Waals surface area contributed by atoms with Crippen molar-refractivity contribution in [1.82, 2.24) is 15.5 Å². The van der Waals surface area contributed by atoms with Gasteiger partial charge in [-0.05, 0) is 44.3 Å². The molecule has 1 saturated carbocycles. The van der Waals surface area contributed by atoms with Gasteiger partial charge in [-0.25, -0.2) is 13.6 Å². The summed E-state index contributed by atoms with van der Waals surface area (Å²) < 4.78 is 27.3. The minimum absolute atomic E-state index is 0.149. The van der Waals surface area contributed by atoms with Crippen molar-refractivity contribution >= 4 is 6.03 Å². The van der Waals surface area contributed by atoms with Crippen LogP contribution in [0.25, 0.3) is 0 Å². The fourth-order valence-electron chi connectivity index (χ4n) is 3.58. The summed E-state index contributed by atoms with van der Waals surface area (Å²) in [6.45, 7) is 6.65. The number of halogens is 2. The summed E-state index contributed by atoms with van der Waals surface area (Å²) in [5, 5.41) is 6.41. The van der Waals surface area contributed by atoms with E-state index in [4.69, 9.17) is 0 Å². The number of rotatable bonds is 9. The Labute approximate surface area is 161 Å². The van der Waals surface area contributed by atoms with Gasteiger partial charge in [0.2, 0.25) is 0 Å². The van der Waals surface area contributed by atoms with Crippen molar-refractivity contribution in [3.63, 3.8) is 0 Å². The Bertz CT molecular complexity index is 591. The van der Waals surface area contributed by atoms with Crippen LogP contribution in [0, 0.1) is 17.6 Å². The quantitative estimate of drug-likeness (QED) is 0.621. The summed E-state index contributed by atoms with van der Waals surface area (Å²) in [4.78, 5) is 14.5. The topological polar surface area (TPSA) is 44.4 Å². The second-order valence-electron chi connectivity index (χ2n) is 7.65. The number of amides is 2. The predicted molar refractivity (Wildman–Crippen MR) is 104 cm³/mol. The van der Waals surface area contributed by atoms with Gasteiger partial charge in [-0.3, -0.25) is 0 Å². The van der Waals surface area contributed by atoms with E-state index in [1.807, 2.05) is 0 Å². The van der Waals surface area contributed by atoms with Gasteiger partial charge in [0, 0.05) is 24.2 Å². The lowest BCUT2D eigenvalue weighted by Gasteiger charge is -2.30. The van der Waals surface area contributed by atoms with Gasteiger partial charge in [-0.1, -0.05) is 39.2 Å². The molecule has 1 aromatic carbocycles. The van der Waals surface area contributed by atoms with E-state index in [0.717, 1.165) is 51.3 Å². The maximum atomic E-state index is 14.1. The first kappa shape index (κ1) is 21.6. The molecule has 2 amide bonds. The van der Waals surface area contributed by atoms with Crippen LogP contribution in [0.2, 0.25) is 0 Å². The zero-order valence-electron chi connectivity index (χ0n) is 16.6. The fraction of sp³-hybridized carbons (Fsp3) is 0.667. The van der Waals surface area contributed by atoms with Crippen LogP contribution in [0.5, 0.6) is 0 Å². The predicted octanol–water partition coefficient (Wildman–Crippen LogP) is 4.44. The molecule has 4 nitrogen and oxygen atoms in total. The highest BCUT2D eigenvalue weighted by atomic mass is 19.1. The molecule has 6 heteroatoms. The Balaban J connectivity index is 2.02. The van der Waals surface area contributed by atoms with Crippen LogP contribution in [-0.4, -0.2) is 36.6 Å². The minimum Gasteiger partial charge on any atom is -0.335 e. The third kappa shape index (κ3) is 7.45. The van der Waals surface area contributed by atoms with Gasteiger partial charge in [0.25, 0.3) is 0 Å². The average Bonchev–Trinajstić information content (AvgIpc) is 2.64. The van der Waals surface area contributed by atoms with Crippen molar-refractivity contribution in [2.75, 3.05) is 19.6 Å². The van der Waals surface area contributed by atoms with Crippen molar-refractivity contribution in [1.29, 1.82) is 0 Å². The minimum atomic E-state index is -0.606. The van der Waals surface area contributed by atoms with E-state index in [9.17, 15) is 13.6 Å². The van der Waals surface area contributed by atoms with E-state index >= 15 is 0 Å². The molecule has 0 aliphatic heterocycles. The summed E-state index contributed by atoms with van der Waals surface area (Å²) in [6, 6.07) is 3.59. The molecule has 2 rings (SSSR count). The SMILES string of the molecule is CCNCC[C@@H](C)CN(Cc1ccc(F)cc1F)C(=O)NC1CCCCC1. The van der Waals surface area contributed by atoms with Gasteiger partial charge in [0.15, 0.2) is 0 Å². The molecule has 0 aromatic heterocycles. The van der Waals surface area contributed by atoms with Crippen molar-refractivity contribution in [3.8, 4) is 0 Å². The Morgan fingerprint density at radius 3 is 2.67 bits per heavy atom. The molecule has 0 unspecified atom stereocenters. The summed E-state index contributed by atoms with van der Waals surface area (Å²) in [5.74, 6) is -0.927. The van der Waals surface area contributed by atoms with E-state index in [-0.39, 0.29) is 24.5 Å².